The van der Waals surface area contributed by atoms with E-state index in [1.165, 1.54) is 0 Å². The van der Waals surface area contributed by atoms with E-state index < -0.39 is 0 Å². The van der Waals surface area contributed by atoms with Crippen molar-refractivity contribution in [3.05, 3.63) is 91.1 Å². The molecule has 23 heavy (non-hydrogen) atoms. The van der Waals surface area contributed by atoms with E-state index in [1.54, 1.807) is 6.20 Å². The molecule has 4 aromatic rings. The maximum Gasteiger partial charge on any atom is 0.219 e. The predicted molar refractivity (Wildman–Crippen MR) is 93.7 cm³/mol. The van der Waals surface area contributed by atoms with Crippen LogP contribution in [0.2, 0.25) is 0 Å². The molecule has 0 N–H and O–H groups in total. The van der Waals surface area contributed by atoms with E-state index in [2.05, 4.69) is 41.4 Å². The maximum absolute atomic E-state index is 6.17. The standard InChI is InChI=1S/C21H15NO/c1-2-8-16(9-3-1)19-14-13-17-10-4-5-11-18(17)21(19)23-20-12-6-7-15-22-20/h1-15H. The summed E-state index contributed by atoms with van der Waals surface area (Å²) in [5.74, 6) is 1.44. The molecule has 0 atom stereocenters. The topological polar surface area (TPSA) is 22.1 Å². The van der Waals surface area contributed by atoms with Crippen molar-refractivity contribution >= 4 is 10.8 Å². The lowest BCUT2D eigenvalue weighted by Gasteiger charge is -2.14. The van der Waals surface area contributed by atoms with Gasteiger partial charge in [0, 0.05) is 23.2 Å². The summed E-state index contributed by atoms with van der Waals surface area (Å²) in [5, 5.41) is 2.23. The van der Waals surface area contributed by atoms with Crippen LogP contribution >= 0.6 is 0 Å². The van der Waals surface area contributed by atoms with Crippen LogP contribution in [0.3, 0.4) is 0 Å². The van der Waals surface area contributed by atoms with E-state index in [4.69, 9.17) is 4.74 Å². The highest BCUT2D eigenvalue weighted by molar-refractivity contribution is 5.95. The molecule has 0 unspecified atom stereocenters. The number of benzene rings is 3. The van der Waals surface area contributed by atoms with Gasteiger partial charge in [-0.25, -0.2) is 4.98 Å². The second-order valence-electron chi connectivity index (χ2n) is 5.30. The molecule has 0 aliphatic heterocycles. The van der Waals surface area contributed by atoms with Crippen LogP contribution in [0.4, 0.5) is 0 Å². The van der Waals surface area contributed by atoms with Gasteiger partial charge in [0.15, 0.2) is 0 Å². The first-order valence-electron chi connectivity index (χ1n) is 7.58. The minimum absolute atomic E-state index is 0.598. The first-order chi connectivity index (χ1) is 11.4. The lowest BCUT2D eigenvalue weighted by atomic mass is 9.99. The molecular weight excluding hydrogens is 282 g/mol. The van der Waals surface area contributed by atoms with Crippen LogP contribution in [0, 0.1) is 0 Å². The Balaban J connectivity index is 1.94. The Morgan fingerprint density at radius 1 is 0.652 bits per heavy atom. The van der Waals surface area contributed by atoms with Gasteiger partial charge in [-0.1, -0.05) is 66.7 Å². The van der Waals surface area contributed by atoms with Crippen molar-refractivity contribution < 1.29 is 4.74 Å². The van der Waals surface area contributed by atoms with Gasteiger partial charge in [0.05, 0.1) is 0 Å². The zero-order chi connectivity index (χ0) is 15.5. The Labute approximate surface area is 135 Å². The number of ether oxygens (including phenoxy) is 1. The van der Waals surface area contributed by atoms with Gasteiger partial charge in [0.1, 0.15) is 5.75 Å². The fraction of sp³-hybridized carbons (Fsp3) is 0. The summed E-state index contributed by atoms with van der Waals surface area (Å²) in [6.45, 7) is 0. The summed E-state index contributed by atoms with van der Waals surface area (Å²) >= 11 is 0. The van der Waals surface area contributed by atoms with Crippen LogP contribution in [0.5, 0.6) is 11.6 Å². The third-order valence-electron chi connectivity index (χ3n) is 3.81. The largest absolute Gasteiger partial charge is 0.438 e. The average molecular weight is 297 g/mol. The lowest BCUT2D eigenvalue weighted by Crippen LogP contribution is -1.92. The van der Waals surface area contributed by atoms with Crippen molar-refractivity contribution in [2.24, 2.45) is 0 Å². The fourth-order valence-electron chi connectivity index (χ4n) is 2.71. The van der Waals surface area contributed by atoms with Crippen molar-refractivity contribution in [3.8, 4) is 22.8 Å². The van der Waals surface area contributed by atoms with Gasteiger partial charge in [-0.2, -0.15) is 0 Å². The third kappa shape index (κ3) is 2.67. The van der Waals surface area contributed by atoms with E-state index in [-0.39, 0.29) is 0 Å². The van der Waals surface area contributed by atoms with Crippen LogP contribution < -0.4 is 4.74 Å². The molecule has 4 rings (SSSR count). The first-order valence-corrected chi connectivity index (χ1v) is 7.58. The monoisotopic (exact) mass is 297 g/mol. The van der Waals surface area contributed by atoms with Gasteiger partial charge >= 0.3 is 0 Å². The predicted octanol–water partition coefficient (Wildman–Crippen LogP) is 5.69. The number of pyridine rings is 1. The Hall–Kier alpha value is -3.13. The van der Waals surface area contributed by atoms with Crippen molar-refractivity contribution in [1.82, 2.24) is 4.98 Å². The molecule has 0 fully saturated rings. The molecule has 0 saturated carbocycles. The summed E-state index contributed by atoms with van der Waals surface area (Å²) < 4.78 is 6.17. The molecule has 3 aromatic carbocycles. The Morgan fingerprint density at radius 2 is 1.43 bits per heavy atom. The molecule has 1 aromatic heterocycles. The lowest BCUT2D eigenvalue weighted by molar-refractivity contribution is 0.470. The molecule has 0 radical (unpaired) electrons. The van der Waals surface area contributed by atoms with Crippen LogP contribution in [0.15, 0.2) is 91.1 Å². The fourth-order valence-corrected chi connectivity index (χ4v) is 2.71. The minimum atomic E-state index is 0.598. The second-order valence-corrected chi connectivity index (χ2v) is 5.30. The summed E-state index contributed by atoms with van der Waals surface area (Å²) in [5.41, 5.74) is 2.19. The van der Waals surface area contributed by atoms with Crippen molar-refractivity contribution in [3.63, 3.8) is 0 Å². The number of fused-ring (bicyclic) bond motifs is 1. The van der Waals surface area contributed by atoms with Crippen LogP contribution in [0.1, 0.15) is 0 Å². The number of aromatic nitrogens is 1. The maximum atomic E-state index is 6.17. The first kappa shape index (κ1) is 13.5. The van der Waals surface area contributed by atoms with E-state index in [0.29, 0.717) is 5.88 Å². The Kier molecular flexibility index (Phi) is 3.49. The molecule has 0 aliphatic rings. The molecule has 0 spiro atoms. The van der Waals surface area contributed by atoms with Crippen LogP contribution in [0.25, 0.3) is 21.9 Å². The summed E-state index contributed by atoms with van der Waals surface area (Å²) in [7, 11) is 0. The highest BCUT2D eigenvalue weighted by atomic mass is 16.5. The summed E-state index contributed by atoms with van der Waals surface area (Å²) in [6.07, 6.45) is 1.74. The van der Waals surface area contributed by atoms with Crippen molar-refractivity contribution in [1.29, 1.82) is 0 Å². The molecule has 0 amide bonds. The van der Waals surface area contributed by atoms with Crippen molar-refractivity contribution in [2.45, 2.75) is 0 Å². The molecule has 0 aliphatic carbocycles. The average Bonchev–Trinajstić information content (AvgIpc) is 2.64. The Morgan fingerprint density at radius 3 is 2.26 bits per heavy atom. The van der Waals surface area contributed by atoms with E-state index in [0.717, 1.165) is 27.6 Å². The number of nitrogens with zero attached hydrogens (tertiary/aromatic N) is 1. The molecule has 1 heterocycles. The summed E-state index contributed by atoms with van der Waals surface area (Å²) in [4.78, 5) is 4.29. The quantitative estimate of drug-likeness (QED) is 0.484. The van der Waals surface area contributed by atoms with Gasteiger partial charge in [-0.15, -0.1) is 0 Å². The summed E-state index contributed by atoms with van der Waals surface area (Å²) in [6, 6.07) is 28.4. The highest BCUT2D eigenvalue weighted by Crippen LogP contribution is 2.38. The molecular formula is C21H15NO. The zero-order valence-electron chi connectivity index (χ0n) is 12.5. The van der Waals surface area contributed by atoms with Gasteiger partial charge in [0.2, 0.25) is 5.88 Å². The normalized spacial score (nSPS) is 10.6. The molecule has 0 bridgehead atoms. The van der Waals surface area contributed by atoms with E-state index >= 15 is 0 Å². The van der Waals surface area contributed by atoms with Gasteiger partial charge in [-0.05, 0) is 23.1 Å². The molecule has 0 saturated heterocycles. The van der Waals surface area contributed by atoms with Crippen LogP contribution in [-0.4, -0.2) is 4.98 Å². The van der Waals surface area contributed by atoms with Crippen LogP contribution in [-0.2, 0) is 0 Å². The van der Waals surface area contributed by atoms with E-state index in [9.17, 15) is 0 Å². The van der Waals surface area contributed by atoms with Gasteiger partial charge < -0.3 is 4.74 Å². The molecule has 110 valence electrons. The minimum Gasteiger partial charge on any atom is -0.438 e. The molecule has 2 heteroatoms. The third-order valence-corrected chi connectivity index (χ3v) is 3.81. The number of rotatable bonds is 3. The van der Waals surface area contributed by atoms with Gasteiger partial charge in [0.25, 0.3) is 0 Å². The number of hydrogen-bond acceptors (Lipinski definition) is 2. The Bertz CT molecular complexity index is 933. The zero-order valence-corrected chi connectivity index (χ0v) is 12.5. The SMILES string of the molecule is c1ccc(-c2ccc3ccccc3c2Oc2ccccn2)cc1. The smallest absolute Gasteiger partial charge is 0.219 e. The van der Waals surface area contributed by atoms with Crippen molar-refractivity contribution in [2.75, 3.05) is 0 Å². The number of hydrogen-bond donors (Lipinski definition) is 0. The van der Waals surface area contributed by atoms with Gasteiger partial charge in [-0.3, -0.25) is 0 Å². The second kappa shape index (κ2) is 5.93. The van der Waals surface area contributed by atoms with E-state index in [1.807, 2.05) is 48.5 Å². The molecule has 2 nitrogen and oxygen atoms in total. The highest BCUT2D eigenvalue weighted by Gasteiger charge is 2.12.